The van der Waals surface area contributed by atoms with E-state index in [9.17, 15) is 0 Å². The second-order valence-electron chi connectivity index (χ2n) is 7.55. The molecule has 0 fully saturated rings. The van der Waals surface area contributed by atoms with Crippen LogP contribution in [0.4, 0.5) is 0 Å². The van der Waals surface area contributed by atoms with Gasteiger partial charge in [0.15, 0.2) is 0 Å². The molecule has 3 aromatic rings. The van der Waals surface area contributed by atoms with Crippen LogP contribution in [0.3, 0.4) is 0 Å². The van der Waals surface area contributed by atoms with Crippen molar-refractivity contribution in [2.24, 2.45) is 0 Å². The van der Waals surface area contributed by atoms with Gasteiger partial charge in [-0.2, -0.15) is 0 Å². The normalized spacial score (nSPS) is 13.1. The molecule has 0 aliphatic heterocycles. The molecule has 1 unspecified atom stereocenters. The van der Waals surface area contributed by atoms with E-state index in [0.29, 0.717) is 12.5 Å². The molecule has 0 saturated carbocycles. The third-order valence-electron chi connectivity index (χ3n) is 5.33. The Hall–Kier alpha value is -2.55. The van der Waals surface area contributed by atoms with Crippen LogP contribution in [0.15, 0.2) is 84.9 Å². The lowest BCUT2D eigenvalue weighted by molar-refractivity contribution is 0.200. The summed E-state index contributed by atoms with van der Waals surface area (Å²) in [7, 11) is 4.04. The zero-order chi connectivity index (χ0) is 21.3. The van der Waals surface area contributed by atoms with Crippen molar-refractivity contribution in [1.29, 1.82) is 0 Å². The Morgan fingerprint density at radius 2 is 1.33 bits per heavy atom. The van der Waals surface area contributed by atoms with Crippen LogP contribution in [0.5, 0.6) is 5.75 Å². The Morgan fingerprint density at radius 3 is 1.83 bits per heavy atom. The zero-order valence-electron chi connectivity index (χ0n) is 18.0. The summed E-state index contributed by atoms with van der Waals surface area (Å²) in [6, 6.07) is 29.9. The minimum atomic E-state index is 0.191. The van der Waals surface area contributed by atoms with Crippen LogP contribution in [0.25, 0.3) is 11.1 Å². The molecule has 156 valence electrons. The Kier molecular flexibility index (Phi) is 8.12. The van der Waals surface area contributed by atoms with Crippen molar-refractivity contribution in [2.75, 3.05) is 26.6 Å². The molecule has 0 N–H and O–H groups in total. The van der Waals surface area contributed by atoms with Crippen molar-refractivity contribution in [3.63, 3.8) is 0 Å². The second-order valence-corrected chi connectivity index (χ2v) is 7.85. The Morgan fingerprint density at radius 1 is 0.800 bits per heavy atom. The molecule has 0 aromatic heterocycles. The highest BCUT2D eigenvalue weighted by Gasteiger charge is 2.14. The summed E-state index contributed by atoms with van der Waals surface area (Å²) in [6.07, 6.45) is 0.951. The van der Waals surface area contributed by atoms with Gasteiger partial charge < -0.3 is 9.64 Å². The lowest BCUT2D eigenvalue weighted by atomic mass is 9.88. The van der Waals surface area contributed by atoms with Gasteiger partial charge in [0.05, 0.1) is 6.04 Å². The molecule has 2 nitrogen and oxygen atoms in total. The number of nitrogens with zero attached hydrogens (tertiary/aromatic N) is 1. The number of ether oxygens (including phenoxy) is 1. The van der Waals surface area contributed by atoms with Crippen molar-refractivity contribution >= 4 is 22.7 Å². The molecule has 0 bridgehead atoms. The first kappa shape index (κ1) is 22.1. The van der Waals surface area contributed by atoms with Gasteiger partial charge in [0.1, 0.15) is 12.4 Å². The van der Waals surface area contributed by atoms with Gasteiger partial charge in [-0.15, -0.1) is 11.6 Å². The number of halogens is 1. The highest BCUT2D eigenvalue weighted by Crippen LogP contribution is 2.34. The molecule has 1 atom stereocenters. The molecule has 0 heterocycles. The minimum Gasteiger partial charge on any atom is -0.492 e. The number of alkyl halides is 1. The van der Waals surface area contributed by atoms with Crippen LogP contribution < -0.4 is 4.74 Å². The smallest absolute Gasteiger partial charge is 0.119 e. The quantitative estimate of drug-likeness (QED) is 0.286. The fourth-order valence-electron chi connectivity index (χ4n) is 3.53. The van der Waals surface area contributed by atoms with E-state index in [1.165, 1.54) is 27.8 Å². The molecular formula is C27H30ClNO. The number of hydrogen-bond donors (Lipinski definition) is 0. The SMILES string of the molecule is CC/C(=C(\c1ccccc1)c1ccc(OCC(CCl)N(C)C)cc1)c1ccccc1. The first-order chi connectivity index (χ1) is 14.6. The maximum Gasteiger partial charge on any atom is 0.119 e. The summed E-state index contributed by atoms with van der Waals surface area (Å²) in [4.78, 5) is 2.09. The third kappa shape index (κ3) is 5.53. The number of likely N-dealkylation sites (N-methyl/N-ethyl adjacent to an activating group) is 1. The maximum atomic E-state index is 6.04. The molecule has 0 spiro atoms. The first-order valence-corrected chi connectivity index (χ1v) is 11.0. The van der Waals surface area contributed by atoms with E-state index in [2.05, 4.69) is 96.8 Å². The molecule has 0 amide bonds. The number of rotatable bonds is 9. The van der Waals surface area contributed by atoms with Gasteiger partial charge in [-0.3, -0.25) is 0 Å². The molecule has 30 heavy (non-hydrogen) atoms. The van der Waals surface area contributed by atoms with E-state index in [4.69, 9.17) is 16.3 Å². The van der Waals surface area contributed by atoms with E-state index >= 15 is 0 Å². The fraction of sp³-hybridized carbons (Fsp3) is 0.259. The highest BCUT2D eigenvalue weighted by atomic mass is 35.5. The van der Waals surface area contributed by atoms with Crippen LogP contribution in [-0.4, -0.2) is 37.5 Å². The number of hydrogen-bond acceptors (Lipinski definition) is 2. The predicted octanol–water partition coefficient (Wildman–Crippen LogP) is 6.60. The lowest BCUT2D eigenvalue weighted by Gasteiger charge is -2.22. The van der Waals surface area contributed by atoms with Gasteiger partial charge in [0.2, 0.25) is 0 Å². The van der Waals surface area contributed by atoms with Gasteiger partial charge in [0.25, 0.3) is 0 Å². The maximum absolute atomic E-state index is 6.04. The van der Waals surface area contributed by atoms with Crippen LogP contribution in [-0.2, 0) is 0 Å². The van der Waals surface area contributed by atoms with Gasteiger partial charge in [-0.1, -0.05) is 79.7 Å². The minimum absolute atomic E-state index is 0.191. The summed E-state index contributed by atoms with van der Waals surface area (Å²) in [5.41, 5.74) is 6.28. The molecule has 3 rings (SSSR count). The average molecular weight is 420 g/mol. The lowest BCUT2D eigenvalue weighted by Crippen LogP contribution is -2.35. The van der Waals surface area contributed by atoms with Crippen molar-refractivity contribution in [3.05, 3.63) is 102 Å². The van der Waals surface area contributed by atoms with E-state index in [-0.39, 0.29) is 6.04 Å². The van der Waals surface area contributed by atoms with Crippen molar-refractivity contribution in [1.82, 2.24) is 4.90 Å². The van der Waals surface area contributed by atoms with Gasteiger partial charge in [-0.05, 0) is 60.5 Å². The van der Waals surface area contributed by atoms with Crippen molar-refractivity contribution < 1.29 is 4.74 Å². The van der Waals surface area contributed by atoms with Crippen molar-refractivity contribution in [2.45, 2.75) is 19.4 Å². The van der Waals surface area contributed by atoms with E-state index < -0.39 is 0 Å². The molecule has 0 aliphatic rings. The van der Waals surface area contributed by atoms with Crippen LogP contribution >= 0.6 is 11.6 Å². The van der Waals surface area contributed by atoms with Crippen LogP contribution in [0.1, 0.15) is 30.0 Å². The van der Waals surface area contributed by atoms with Crippen LogP contribution in [0, 0.1) is 0 Å². The van der Waals surface area contributed by atoms with Crippen LogP contribution in [0.2, 0.25) is 0 Å². The van der Waals surface area contributed by atoms with E-state index in [0.717, 1.165) is 12.2 Å². The number of allylic oxidation sites excluding steroid dienone is 1. The summed E-state index contributed by atoms with van der Waals surface area (Å²) < 4.78 is 5.99. The predicted molar refractivity (Wildman–Crippen MR) is 129 cm³/mol. The fourth-order valence-corrected chi connectivity index (χ4v) is 3.89. The largest absolute Gasteiger partial charge is 0.492 e. The Bertz CT molecular complexity index is 934. The standard InChI is InChI=1S/C27H30ClNO/c1-4-26(21-11-7-5-8-12-21)27(22-13-9-6-10-14-22)23-15-17-25(18-16-23)30-20-24(19-28)29(2)3/h5-18,24H,4,19-20H2,1-3H3/b27-26-. The monoisotopic (exact) mass is 419 g/mol. The van der Waals surface area contributed by atoms with Gasteiger partial charge in [-0.25, -0.2) is 0 Å². The molecule has 0 aliphatic carbocycles. The number of benzene rings is 3. The summed E-state index contributed by atoms with van der Waals surface area (Å²) in [5.74, 6) is 1.41. The topological polar surface area (TPSA) is 12.5 Å². The van der Waals surface area contributed by atoms with Gasteiger partial charge >= 0.3 is 0 Å². The summed E-state index contributed by atoms with van der Waals surface area (Å²) in [5, 5.41) is 0. The summed E-state index contributed by atoms with van der Waals surface area (Å²) >= 11 is 6.04. The van der Waals surface area contributed by atoms with Crippen molar-refractivity contribution in [3.8, 4) is 5.75 Å². The molecule has 3 heteroatoms. The average Bonchev–Trinajstić information content (AvgIpc) is 2.79. The third-order valence-corrected chi connectivity index (χ3v) is 5.69. The molecular weight excluding hydrogens is 390 g/mol. The van der Waals surface area contributed by atoms with Gasteiger partial charge in [0, 0.05) is 5.88 Å². The highest BCUT2D eigenvalue weighted by molar-refractivity contribution is 6.18. The molecule has 0 radical (unpaired) electrons. The van der Waals surface area contributed by atoms with E-state index in [1.54, 1.807) is 0 Å². The summed E-state index contributed by atoms with van der Waals surface area (Å²) in [6.45, 7) is 2.79. The zero-order valence-corrected chi connectivity index (χ0v) is 18.8. The molecule has 3 aromatic carbocycles. The Labute approximate surface area is 185 Å². The van der Waals surface area contributed by atoms with E-state index in [1.807, 2.05) is 14.1 Å². The second kappa shape index (κ2) is 11.0. The Balaban J connectivity index is 1.96. The molecule has 0 saturated heterocycles. The first-order valence-electron chi connectivity index (χ1n) is 10.4.